The van der Waals surface area contributed by atoms with E-state index in [2.05, 4.69) is 20.3 Å². The Bertz CT molecular complexity index is 726. The van der Waals surface area contributed by atoms with Gasteiger partial charge in [-0.05, 0) is 18.6 Å². The monoisotopic (exact) mass is 376 g/mol. The zero-order valence-electron chi connectivity index (χ0n) is 15.1. The number of benzene rings is 1. The van der Waals surface area contributed by atoms with Gasteiger partial charge in [-0.1, -0.05) is 35.0 Å². The second kappa shape index (κ2) is 9.16. The molecule has 1 fully saturated rings. The Hall–Kier alpha value is -1.89. The Kier molecular flexibility index (Phi) is 6.66. The highest BCUT2D eigenvalue weighted by atomic mass is 35.5. The summed E-state index contributed by atoms with van der Waals surface area (Å²) in [5, 5.41) is 7.68. The van der Waals surface area contributed by atoms with Gasteiger partial charge in [-0.15, -0.1) is 0 Å². The van der Waals surface area contributed by atoms with Crippen LogP contribution in [0.15, 0.2) is 34.9 Å². The minimum Gasteiger partial charge on any atom is -0.361 e. The normalized spacial score (nSPS) is 15.9. The number of halogens is 1. The molecule has 3 rings (SSSR count). The molecule has 0 saturated carbocycles. The Morgan fingerprint density at radius 3 is 2.65 bits per heavy atom. The molecule has 1 aromatic carbocycles. The first-order valence-electron chi connectivity index (χ1n) is 8.97. The van der Waals surface area contributed by atoms with Gasteiger partial charge in [-0.25, -0.2) is 0 Å². The van der Waals surface area contributed by atoms with Crippen LogP contribution in [0.4, 0.5) is 0 Å². The lowest BCUT2D eigenvalue weighted by Crippen LogP contribution is -2.46. The molecule has 1 saturated heterocycles. The maximum absolute atomic E-state index is 12.1. The van der Waals surface area contributed by atoms with Gasteiger partial charge in [0.1, 0.15) is 5.76 Å². The first-order chi connectivity index (χ1) is 12.6. The van der Waals surface area contributed by atoms with E-state index in [-0.39, 0.29) is 5.91 Å². The third-order valence-corrected chi connectivity index (χ3v) is 4.98. The highest BCUT2D eigenvalue weighted by Gasteiger charge is 2.18. The summed E-state index contributed by atoms with van der Waals surface area (Å²) in [4.78, 5) is 16.8. The summed E-state index contributed by atoms with van der Waals surface area (Å²) < 4.78 is 5.11. The van der Waals surface area contributed by atoms with Crippen molar-refractivity contribution >= 4 is 17.5 Å². The number of carbonyl (C=O) groups is 1. The van der Waals surface area contributed by atoms with E-state index in [0.717, 1.165) is 56.3 Å². The molecule has 2 heterocycles. The quantitative estimate of drug-likeness (QED) is 0.804. The van der Waals surface area contributed by atoms with Crippen LogP contribution in [-0.2, 0) is 17.9 Å². The molecule has 1 aromatic heterocycles. The van der Waals surface area contributed by atoms with Crippen LogP contribution in [0.2, 0.25) is 5.02 Å². The van der Waals surface area contributed by atoms with E-state index in [1.807, 2.05) is 37.3 Å². The predicted octanol–water partition coefficient (Wildman–Crippen LogP) is 2.46. The first-order valence-corrected chi connectivity index (χ1v) is 9.35. The van der Waals surface area contributed by atoms with Crippen LogP contribution >= 0.6 is 11.6 Å². The molecule has 0 aliphatic carbocycles. The van der Waals surface area contributed by atoms with Crippen molar-refractivity contribution in [3.63, 3.8) is 0 Å². The number of rotatable bonds is 7. The fourth-order valence-electron chi connectivity index (χ4n) is 3.08. The largest absolute Gasteiger partial charge is 0.361 e. The van der Waals surface area contributed by atoms with Gasteiger partial charge in [0, 0.05) is 63.3 Å². The van der Waals surface area contributed by atoms with Gasteiger partial charge >= 0.3 is 0 Å². The lowest BCUT2D eigenvalue weighted by Gasteiger charge is -2.34. The van der Waals surface area contributed by atoms with Crippen molar-refractivity contribution in [1.82, 2.24) is 20.3 Å². The van der Waals surface area contributed by atoms with Crippen LogP contribution in [-0.4, -0.2) is 53.6 Å². The Balaban J connectivity index is 1.33. The number of nitrogens with zero attached hydrogens (tertiary/aromatic N) is 3. The predicted molar refractivity (Wildman–Crippen MR) is 101 cm³/mol. The highest BCUT2D eigenvalue weighted by molar-refractivity contribution is 6.31. The zero-order valence-corrected chi connectivity index (χ0v) is 15.8. The van der Waals surface area contributed by atoms with Crippen molar-refractivity contribution in [1.29, 1.82) is 0 Å². The maximum atomic E-state index is 12.1. The molecule has 140 valence electrons. The summed E-state index contributed by atoms with van der Waals surface area (Å²) in [6.45, 7) is 7.88. The number of carbonyl (C=O) groups excluding carboxylic acids is 1. The average molecular weight is 377 g/mol. The van der Waals surface area contributed by atoms with Crippen molar-refractivity contribution in [2.75, 3.05) is 32.7 Å². The molecular formula is C19H25ClN4O2. The minimum atomic E-state index is 0.0606. The number of amides is 1. The molecule has 2 aromatic rings. The van der Waals surface area contributed by atoms with Crippen molar-refractivity contribution < 1.29 is 9.32 Å². The average Bonchev–Trinajstić information content (AvgIpc) is 3.05. The van der Waals surface area contributed by atoms with Gasteiger partial charge in [0.2, 0.25) is 5.91 Å². The fourth-order valence-corrected chi connectivity index (χ4v) is 3.28. The molecule has 1 N–H and O–H groups in total. The molecule has 26 heavy (non-hydrogen) atoms. The second-order valence-electron chi connectivity index (χ2n) is 6.66. The van der Waals surface area contributed by atoms with E-state index in [9.17, 15) is 4.79 Å². The van der Waals surface area contributed by atoms with Crippen molar-refractivity contribution in [2.24, 2.45) is 0 Å². The number of nitrogens with one attached hydrogen (secondary N) is 1. The van der Waals surface area contributed by atoms with E-state index in [1.54, 1.807) is 0 Å². The van der Waals surface area contributed by atoms with E-state index in [1.165, 1.54) is 0 Å². The second-order valence-corrected chi connectivity index (χ2v) is 7.07. The summed E-state index contributed by atoms with van der Waals surface area (Å²) in [5.41, 5.74) is 1.93. The molecule has 1 amide bonds. The lowest BCUT2D eigenvalue weighted by atomic mass is 10.2. The number of aromatic nitrogens is 1. The van der Waals surface area contributed by atoms with Crippen LogP contribution in [0.25, 0.3) is 0 Å². The summed E-state index contributed by atoms with van der Waals surface area (Å²) in [6, 6.07) is 9.56. The van der Waals surface area contributed by atoms with Crippen LogP contribution in [0, 0.1) is 6.92 Å². The number of hydrogen-bond donors (Lipinski definition) is 1. The number of piperazine rings is 1. The number of aryl methyl sites for hydroxylation is 1. The van der Waals surface area contributed by atoms with Crippen molar-refractivity contribution in [2.45, 2.75) is 26.4 Å². The van der Waals surface area contributed by atoms with Crippen molar-refractivity contribution in [3.05, 3.63) is 52.4 Å². The standard InChI is InChI=1S/C19H25ClN4O2/c1-15-12-17(22-26-15)14-24-10-8-23(9-11-24)7-6-19(25)21-13-16-4-2-3-5-18(16)20/h2-5,12H,6-11,13-14H2,1H3,(H,21,25). The Morgan fingerprint density at radius 2 is 1.96 bits per heavy atom. The van der Waals surface area contributed by atoms with Crippen LogP contribution < -0.4 is 5.32 Å². The van der Waals surface area contributed by atoms with Gasteiger partial charge in [0.05, 0.1) is 5.69 Å². The van der Waals surface area contributed by atoms with Crippen molar-refractivity contribution in [3.8, 4) is 0 Å². The Morgan fingerprint density at radius 1 is 1.23 bits per heavy atom. The fraction of sp³-hybridized carbons (Fsp3) is 0.474. The summed E-state index contributed by atoms with van der Waals surface area (Å²) in [6.07, 6.45) is 0.507. The topological polar surface area (TPSA) is 61.6 Å². The summed E-state index contributed by atoms with van der Waals surface area (Å²) in [5.74, 6) is 0.909. The third-order valence-electron chi connectivity index (χ3n) is 4.62. The molecular weight excluding hydrogens is 352 g/mol. The molecule has 1 aliphatic heterocycles. The first kappa shape index (κ1) is 18.9. The molecule has 0 spiro atoms. The molecule has 0 radical (unpaired) electrons. The van der Waals surface area contributed by atoms with E-state index in [0.29, 0.717) is 18.0 Å². The summed E-state index contributed by atoms with van der Waals surface area (Å²) in [7, 11) is 0. The van der Waals surface area contributed by atoms with Gasteiger partial charge < -0.3 is 14.7 Å². The SMILES string of the molecule is Cc1cc(CN2CCN(CCC(=O)NCc3ccccc3Cl)CC2)no1. The third kappa shape index (κ3) is 5.56. The maximum Gasteiger partial charge on any atom is 0.221 e. The van der Waals surface area contributed by atoms with Crippen LogP contribution in [0.3, 0.4) is 0 Å². The van der Waals surface area contributed by atoms with E-state index in [4.69, 9.17) is 16.1 Å². The van der Waals surface area contributed by atoms with E-state index < -0.39 is 0 Å². The molecule has 0 unspecified atom stereocenters. The van der Waals surface area contributed by atoms with Crippen LogP contribution in [0.1, 0.15) is 23.4 Å². The minimum absolute atomic E-state index is 0.0606. The number of hydrogen-bond acceptors (Lipinski definition) is 5. The lowest BCUT2D eigenvalue weighted by molar-refractivity contribution is -0.121. The van der Waals surface area contributed by atoms with Gasteiger partial charge in [-0.2, -0.15) is 0 Å². The molecule has 7 heteroatoms. The van der Waals surface area contributed by atoms with Gasteiger partial charge in [-0.3, -0.25) is 9.69 Å². The Labute approximate surface area is 159 Å². The smallest absolute Gasteiger partial charge is 0.221 e. The van der Waals surface area contributed by atoms with Gasteiger partial charge in [0.15, 0.2) is 0 Å². The molecule has 0 bridgehead atoms. The van der Waals surface area contributed by atoms with Gasteiger partial charge in [0.25, 0.3) is 0 Å². The zero-order chi connectivity index (χ0) is 18.4. The molecule has 0 atom stereocenters. The molecule has 6 nitrogen and oxygen atoms in total. The van der Waals surface area contributed by atoms with Crippen LogP contribution in [0.5, 0.6) is 0 Å². The molecule has 1 aliphatic rings. The highest BCUT2D eigenvalue weighted by Crippen LogP contribution is 2.14. The summed E-state index contributed by atoms with van der Waals surface area (Å²) >= 11 is 6.10. The van der Waals surface area contributed by atoms with E-state index >= 15 is 0 Å².